The highest BCUT2D eigenvalue weighted by atomic mass is 35.5. The van der Waals surface area contributed by atoms with Crippen LogP contribution in [-0.2, 0) is 4.79 Å². The van der Waals surface area contributed by atoms with E-state index in [1.165, 1.54) is 6.07 Å². The summed E-state index contributed by atoms with van der Waals surface area (Å²) in [6.07, 6.45) is 0. The average Bonchev–Trinajstić information content (AvgIpc) is 2.42. The van der Waals surface area contributed by atoms with Gasteiger partial charge in [-0.15, -0.1) is 0 Å². The third-order valence-electron chi connectivity index (χ3n) is 2.83. The van der Waals surface area contributed by atoms with Crippen molar-refractivity contribution < 1.29 is 9.53 Å². The summed E-state index contributed by atoms with van der Waals surface area (Å²) in [5, 5.41) is 3.88. The lowest BCUT2D eigenvalue weighted by Crippen LogP contribution is -2.21. The summed E-state index contributed by atoms with van der Waals surface area (Å²) in [6.45, 7) is 1.59. The molecule has 7 heteroatoms. The van der Waals surface area contributed by atoms with Crippen LogP contribution in [0.25, 0.3) is 0 Å². The van der Waals surface area contributed by atoms with Gasteiger partial charge in [0.25, 0.3) is 5.91 Å². The van der Waals surface area contributed by atoms with Crippen molar-refractivity contribution in [2.75, 3.05) is 17.7 Å². The van der Waals surface area contributed by atoms with E-state index in [1.807, 2.05) is 0 Å². The summed E-state index contributed by atoms with van der Waals surface area (Å²) in [4.78, 5) is 12.0. The summed E-state index contributed by atoms with van der Waals surface area (Å²) in [5.41, 5.74) is 7.48. The number of hydrogen-bond acceptors (Lipinski definition) is 3. The van der Waals surface area contributed by atoms with E-state index in [4.69, 9.17) is 45.3 Å². The minimum atomic E-state index is -0.360. The topological polar surface area (TPSA) is 64.3 Å². The monoisotopic (exact) mass is 358 g/mol. The number of ether oxygens (including phenoxy) is 1. The maximum Gasteiger partial charge on any atom is 0.262 e. The number of hydrogen-bond donors (Lipinski definition) is 2. The summed E-state index contributed by atoms with van der Waals surface area (Å²) < 4.78 is 5.36. The molecule has 0 spiro atoms. The van der Waals surface area contributed by atoms with Crippen LogP contribution < -0.4 is 15.8 Å². The first kappa shape index (κ1) is 16.7. The molecule has 0 radical (unpaired) electrons. The number of rotatable bonds is 4. The maximum absolute atomic E-state index is 12.0. The number of nitrogens with two attached hydrogens (primary N) is 1. The fourth-order valence-electron chi connectivity index (χ4n) is 1.84. The smallest absolute Gasteiger partial charge is 0.262 e. The van der Waals surface area contributed by atoms with E-state index in [0.717, 1.165) is 5.56 Å². The van der Waals surface area contributed by atoms with Gasteiger partial charge in [-0.25, -0.2) is 0 Å². The van der Waals surface area contributed by atoms with Gasteiger partial charge in [0.15, 0.2) is 6.61 Å². The van der Waals surface area contributed by atoms with Gasteiger partial charge in [0.1, 0.15) is 5.75 Å². The molecule has 0 saturated carbocycles. The molecule has 0 atom stereocenters. The number of anilines is 2. The minimum Gasteiger partial charge on any atom is -0.482 e. The Morgan fingerprint density at radius 1 is 1.18 bits per heavy atom. The lowest BCUT2D eigenvalue weighted by atomic mass is 10.2. The summed E-state index contributed by atoms with van der Waals surface area (Å²) in [6, 6.07) is 8.05. The van der Waals surface area contributed by atoms with Gasteiger partial charge in [-0.1, -0.05) is 34.8 Å². The van der Waals surface area contributed by atoms with Crippen molar-refractivity contribution >= 4 is 52.1 Å². The van der Waals surface area contributed by atoms with Crippen molar-refractivity contribution in [1.82, 2.24) is 0 Å². The Morgan fingerprint density at radius 2 is 1.91 bits per heavy atom. The second kappa shape index (κ2) is 7.09. The van der Waals surface area contributed by atoms with Crippen LogP contribution >= 0.6 is 34.8 Å². The first-order valence-corrected chi connectivity index (χ1v) is 7.43. The van der Waals surface area contributed by atoms with Crippen molar-refractivity contribution in [3.05, 3.63) is 51.0 Å². The molecule has 4 nitrogen and oxygen atoms in total. The molecule has 0 aromatic heterocycles. The van der Waals surface area contributed by atoms with Gasteiger partial charge < -0.3 is 15.8 Å². The van der Waals surface area contributed by atoms with Crippen LogP contribution in [0.1, 0.15) is 5.56 Å². The Morgan fingerprint density at radius 3 is 2.55 bits per heavy atom. The molecule has 22 heavy (non-hydrogen) atoms. The number of halogens is 3. The molecule has 3 N–H and O–H groups in total. The molecule has 2 aromatic carbocycles. The van der Waals surface area contributed by atoms with Crippen LogP contribution in [0.2, 0.25) is 15.1 Å². The molecule has 0 aliphatic rings. The van der Waals surface area contributed by atoms with Crippen LogP contribution in [0.5, 0.6) is 5.75 Å². The number of nitrogen functional groups attached to an aromatic ring is 1. The fourth-order valence-corrected chi connectivity index (χ4v) is 2.63. The summed E-state index contributed by atoms with van der Waals surface area (Å²) in [5.74, 6) is 0.0159. The van der Waals surface area contributed by atoms with Crippen molar-refractivity contribution in [3.63, 3.8) is 0 Å². The van der Waals surface area contributed by atoms with Gasteiger partial charge in [-0.3, -0.25) is 4.79 Å². The van der Waals surface area contributed by atoms with E-state index in [9.17, 15) is 4.79 Å². The first-order chi connectivity index (χ1) is 10.4. The predicted molar refractivity (Wildman–Crippen MR) is 91.2 cm³/mol. The van der Waals surface area contributed by atoms with E-state index in [-0.39, 0.29) is 12.5 Å². The highest BCUT2D eigenvalue weighted by molar-refractivity contribution is 6.35. The second-order valence-corrected chi connectivity index (χ2v) is 5.86. The van der Waals surface area contributed by atoms with E-state index in [2.05, 4.69) is 5.32 Å². The molecule has 0 aliphatic carbocycles. The first-order valence-electron chi connectivity index (χ1n) is 6.30. The van der Waals surface area contributed by atoms with E-state index >= 15 is 0 Å². The molecule has 1 amide bonds. The minimum absolute atomic E-state index is 0.207. The molecule has 2 rings (SSSR count). The number of amides is 1. The molecule has 0 unspecified atom stereocenters. The number of aryl methyl sites for hydroxylation is 1. The molecule has 0 bridgehead atoms. The molecule has 0 aliphatic heterocycles. The van der Waals surface area contributed by atoms with Crippen LogP contribution in [0.4, 0.5) is 11.4 Å². The van der Waals surface area contributed by atoms with Crippen molar-refractivity contribution in [3.8, 4) is 5.75 Å². The standard InChI is InChI=1S/C15H13Cl3N2O2/c1-8-4-10(19)6-12(18)15(8)20-14(21)7-22-13-3-2-9(16)5-11(13)17/h2-6H,7,19H2,1H3,(H,20,21). The normalized spacial score (nSPS) is 10.4. The van der Waals surface area contributed by atoms with Gasteiger partial charge in [0, 0.05) is 10.7 Å². The predicted octanol–water partition coefficient (Wildman–Crippen LogP) is 4.55. The lowest BCUT2D eigenvalue weighted by Gasteiger charge is -2.12. The zero-order valence-electron chi connectivity index (χ0n) is 11.6. The number of nitrogens with one attached hydrogen (secondary N) is 1. The number of benzene rings is 2. The SMILES string of the molecule is Cc1cc(N)cc(Cl)c1NC(=O)COc1ccc(Cl)cc1Cl. The lowest BCUT2D eigenvalue weighted by molar-refractivity contribution is -0.118. The van der Waals surface area contributed by atoms with Crippen molar-refractivity contribution in [1.29, 1.82) is 0 Å². The van der Waals surface area contributed by atoms with Crippen LogP contribution in [0, 0.1) is 6.92 Å². The fraction of sp³-hybridized carbons (Fsp3) is 0.133. The summed E-state index contributed by atoms with van der Waals surface area (Å²) >= 11 is 17.8. The number of carbonyl (C=O) groups excluding carboxylic acids is 1. The zero-order valence-corrected chi connectivity index (χ0v) is 13.9. The number of carbonyl (C=O) groups is 1. The third-order valence-corrected chi connectivity index (χ3v) is 3.66. The van der Waals surface area contributed by atoms with Gasteiger partial charge >= 0.3 is 0 Å². The van der Waals surface area contributed by atoms with Gasteiger partial charge in [-0.05, 0) is 42.8 Å². The quantitative estimate of drug-likeness (QED) is 0.787. The molecular formula is C15H13Cl3N2O2. The molecule has 0 heterocycles. The summed E-state index contributed by atoms with van der Waals surface area (Å²) in [7, 11) is 0. The van der Waals surface area contributed by atoms with Crippen LogP contribution in [0.3, 0.4) is 0 Å². The molecular weight excluding hydrogens is 347 g/mol. The Kier molecular flexibility index (Phi) is 5.40. The third kappa shape index (κ3) is 4.19. The maximum atomic E-state index is 12.0. The second-order valence-electron chi connectivity index (χ2n) is 4.61. The molecule has 116 valence electrons. The average molecular weight is 360 g/mol. The molecule has 0 saturated heterocycles. The molecule has 0 fully saturated rings. The van der Waals surface area contributed by atoms with Gasteiger partial charge in [0.05, 0.1) is 15.7 Å². The van der Waals surface area contributed by atoms with E-state index in [1.54, 1.807) is 31.2 Å². The van der Waals surface area contributed by atoms with Gasteiger partial charge in [-0.2, -0.15) is 0 Å². The Hall–Kier alpha value is -1.62. The van der Waals surface area contributed by atoms with E-state index < -0.39 is 0 Å². The van der Waals surface area contributed by atoms with E-state index in [0.29, 0.717) is 32.2 Å². The van der Waals surface area contributed by atoms with Crippen molar-refractivity contribution in [2.24, 2.45) is 0 Å². The van der Waals surface area contributed by atoms with Gasteiger partial charge in [0.2, 0.25) is 0 Å². The Bertz CT molecular complexity index is 697. The van der Waals surface area contributed by atoms with Crippen LogP contribution in [-0.4, -0.2) is 12.5 Å². The largest absolute Gasteiger partial charge is 0.482 e. The molecule has 2 aromatic rings. The highest BCUT2D eigenvalue weighted by Crippen LogP contribution is 2.29. The van der Waals surface area contributed by atoms with Crippen LogP contribution in [0.15, 0.2) is 30.3 Å². The Balaban J connectivity index is 2.02. The van der Waals surface area contributed by atoms with Crippen molar-refractivity contribution in [2.45, 2.75) is 6.92 Å². The zero-order chi connectivity index (χ0) is 16.3. The Labute approximate surface area is 143 Å². The highest BCUT2D eigenvalue weighted by Gasteiger charge is 2.11.